The van der Waals surface area contributed by atoms with Crippen LogP contribution in [0.3, 0.4) is 0 Å². The van der Waals surface area contributed by atoms with Crippen LogP contribution in [-0.4, -0.2) is 66.0 Å². The summed E-state index contributed by atoms with van der Waals surface area (Å²) in [5, 5.41) is 3.07. The number of hydrogen-bond acceptors (Lipinski definition) is 4. The van der Waals surface area contributed by atoms with Crippen molar-refractivity contribution in [3.63, 3.8) is 0 Å². The van der Waals surface area contributed by atoms with Crippen molar-refractivity contribution in [2.75, 3.05) is 32.7 Å². The van der Waals surface area contributed by atoms with Gasteiger partial charge in [-0.2, -0.15) is 0 Å². The lowest BCUT2D eigenvalue weighted by molar-refractivity contribution is -0.138. The molecule has 1 heterocycles. The molecule has 1 N–H and O–H groups in total. The molecule has 1 saturated heterocycles. The summed E-state index contributed by atoms with van der Waals surface area (Å²) in [7, 11) is 0. The molecule has 0 bridgehead atoms. The highest BCUT2D eigenvalue weighted by atomic mass is 35.5. The van der Waals surface area contributed by atoms with E-state index >= 15 is 0 Å². The fraction of sp³-hybridized carbons (Fsp3) is 0.526. The number of carbonyl (C=O) groups is 3. The number of benzene rings is 1. The maximum absolute atomic E-state index is 12.4. The Bertz CT molecular complexity index is 694. The molecule has 1 aliphatic rings. The zero-order valence-electron chi connectivity index (χ0n) is 16.0. The van der Waals surface area contributed by atoms with Crippen molar-refractivity contribution >= 4 is 29.5 Å². The van der Waals surface area contributed by atoms with E-state index in [4.69, 9.17) is 16.3 Å². The monoisotopic (exact) mass is 395 g/mol. The molecular weight excluding hydrogens is 370 g/mol. The van der Waals surface area contributed by atoms with E-state index in [1.807, 2.05) is 12.1 Å². The molecule has 1 aliphatic heterocycles. The molecule has 0 atom stereocenters. The summed E-state index contributed by atoms with van der Waals surface area (Å²) in [6, 6.07) is 7.23. The number of nitrogens with one attached hydrogen (secondary N) is 1. The second-order valence-electron chi connectivity index (χ2n) is 7.42. The molecule has 27 heavy (non-hydrogen) atoms. The number of amides is 3. The number of ether oxygens (including phenoxy) is 1. The minimum Gasteiger partial charge on any atom is -0.444 e. The first-order chi connectivity index (χ1) is 12.6. The maximum atomic E-state index is 12.4. The van der Waals surface area contributed by atoms with Crippen molar-refractivity contribution in [1.82, 2.24) is 15.1 Å². The largest absolute Gasteiger partial charge is 0.444 e. The summed E-state index contributed by atoms with van der Waals surface area (Å²) >= 11 is 5.95. The standard InChI is InChI=1S/C19H26ClN3O4/c1-19(2,3)27-18(26)21-13-17(25)23-9-7-22(8-10-23)16(24)12-14-5-4-6-15(20)11-14/h4-6,11H,7-10,12-13H2,1-3H3,(H,21,26). The van der Waals surface area contributed by atoms with E-state index in [0.717, 1.165) is 5.56 Å². The molecule has 3 amide bonds. The van der Waals surface area contributed by atoms with Crippen LogP contribution >= 0.6 is 11.6 Å². The highest BCUT2D eigenvalue weighted by molar-refractivity contribution is 6.30. The molecule has 0 saturated carbocycles. The minimum atomic E-state index is -0.619. The van der Waals surface area contributed by atoms with Crippen LogP contribution in [0.5, 0.6) is 0 Å². The van der Waals surface area contributed by atoms with Crippen LogP contribution in [0.1, 0.15) is 26.3 Å². The molecule has 7 nitrogen and oxygen atoms in total. The molecule has 0 radical (unpaired) electrons. The average Bonchev–Trinajstić information content (AvgIpc) is 2.58. The second-order valence-corrected chi connectivity index (χ2v) is 7.86. The van der Waals surface area contributed by atoms with E-state index in [1.165, 1.54) is 0 Å². The van der Waals surface area contributed by atoms with Crippen molar-refractivity contribution < 1.29 is 19.1 Å². The minimum absolute atomic E-state index is 0.0104. The lowest BCUT2D eigenvalue weighted by Gasteiger charge is -2.35. The van der Waals surface area contributed by atoms with Crippen LogP contribution in [0.15, 0.2) is 24.3 Å². The Labute approximate surface area is 164 Å². The van der Waals surface area contributed by atoms with Gasteiger partial charge in [0, 0.05) is 31.2 Å². The van der Waals surface area contributed by atoms with Gasteiger partial charge in [0.1, 0.15) is 12.1 Å². The van der Waals surface area contributed by atoms with Gasteiger partial charge in [0.25, 0.3) is 0 Å². The molecular formula is C19H26ClN3O4. The third kappa shape index (κ3) is 7.09. The van der Waals surface area contributed by atoms with Gasteiger partial charge in [0.15, 0.2) is 0 Å². The fourth-order valence-corrected chi connectivity index (χ4v) is 2.93. The van der Waals surface area contributed by atoms with Gasteiger partial charge in [-0.05, 0) is 38.5 Å². The number of alkyl carbamates (subject to hydrolysis) is 1. The Morgan fingerprint density at radius 3 is 2.22 bits per heavy atom. The third-order valence-corrected chi connectivity index (χ3v) is 4.25. The zero-order valence-corrected chi connectivity index (χ0v) is 16.7. The first-order valence-electron chi connectivity index (χ1n) is 8.91. The van der Waals surface area contributed by atoms with Crippen molar-refractivity contribution in [1.29, 1.82) is 0 Å². The zero-order chi connectivity index (χ0) is 20.0. The number of rotatable bonds is 4. The molecule has 0 spiro atoms. The summed E-state index contributed by atoms with van der Waals surface area (Å²) in [5.41, 5.74) is 0.259. The predicted octanol–water partition coefficient (Wildman–Crippen LogP) is 2.08. The van der Waals surface area contributed by atoms with Crippen LogP contribution in [-0.2, 0) is 20.7 Å². The molecule has 148 valence electrons. The van der Waals surface area contributed by atoms with E-state index in [-0.39, 0.29) is 24.8 Å². The normalized spacial score (nSPS) is 14.7. The maximum Gasteiger partial charge on any atom is 0.408 e. The SMILES string of the molecule is CC(C)(C)OC(=O)NCC(=O)N1CCN(C(=O)Cc2cccc(Cl)c2)CC1. The van der Waals surface area contributed by atoms with Gasteiger partial charge in [-0.25, -0.2) is 4.79 Å². The van der Waals surface area contributed by atoms with Gasteiger partial charge in [0.05, 0.1) is 6.42 Å². The van der Waals surface area contributed by atoms with E-state index in [2.05, 4.69) is 5.32 Å². The number of hydrogen-bond donors (Lipinski definition) is 1. The van der Waals surface area contributed by atoms with E-state index in [1.54, 1.807) is 42.7 Å². The summed E-state index contributed by atoms with van der Waals surface area (Å²) < 4.78 is 5.11. The summed E-state index contributed by atoms with van der Waals surface area (Å²) in [6.45, 7) is 6.98. The molecule has 2 rings (SSSR count). The van der Waals surface area contributed by atoms with Gasteiger partial charge in [-0.15, -0.1) is 0 Å². The highest BCUT2D eigenvalue weighted by Gasteiger charge is 2.25. The Kier molecular flexibility index (Phi) is 7.07. The Hall–Kier alpha value is -2.28. The van der Waals surface area contributed by atoms with E-state index in [9.17, 15) is 14.4 Å². The van der Waals surface area contributed by atoms with Crippen LogP contribution < -0.4 is 5.32 Å². The van der Waals surface area contributed by atoms with Gasteiger partial charge in [-0.3, -0.25) is 9.59 Å². The van der Waals surface area contributed by atoms with Crippen molar-refractivity contribution in [2.45, 2.75) is 32.8 Å². The molecule has 0 aliphatic carbocycles. The van der Waals surface area contributed by atoms with Gasteiger partial charge < -0.3 is 19.9 Å². The van der Waals surface area contributed by atoms with Crippen LogP contribution in [0.4, 0.5) is 4.79 Å². The number of nitrogens with zero attached hydrogens (tertiary/aromatic N) is 2. The molecule has 0 aromatic heterocycles. The molecule has 1 aromatic rings. The summed E-state index contributed by atoms with van der Waals surface area (Å²) in [5.74, 6) is -0.181. The van der Waals surface area contributed by atoms with Gasteiger partial charge >= 0.3 is 6.09 Å². The number of piperazine rings is 1. The molecule has 0 unspecified atom stereocenters. The summed E-state index contributed by atoms with van der Waals surface area (Å²) in [6.07, 6.45) is -0.333. The highest BCUT2D eigenvalue weighted by Crippen LogP contribution is 2.13. The van der Waals surface area contributed by atoms with Gasteiger partial charge in [0.2, 0.25) is 11.8 Å². The quantitative estimate of drug-likeness (QED) is 0.846. The molecule has 1 fully saturated rings. The third-order valence-electron chi connectivity index (χ3n) is 4.01. The average molecular weight is 396 g/mol. The van der Waals surface area contributed by atoms with Gasteiger partial charge in [-0.1, -0.05) is 23.7 Å². The topological polar surface area (TPSA) is 79.0 Å². The lowest BCUT2D eigenvalue weighted by Crippen LogP contribution is -2.53. The van der Waals surface area contributed by atoms with Crippen molar-refractivity contribution in [3.8, 4) is 0 Å². The molecule has 8 heteroatoms. The first kappa shape index (κ1) is 21.0. The Morgan fingerprint density at radius 1 is 1.07 bits per heavy atom. The number of halogens is 1. The first-order valence-corrected chi connectivity index (χ1v) is 9.29. The van der Waals surface area contributed by atoms with E-state index < -0.39 is 11.7 Å². The summed E-state index contributed by atoms with van der Waals surface area (Å²) in [4.78, 5) is 39.6. The van der Waals surface area contributed by atoms with Crippen molar-refractivity contribution in [2.24, 2.45) is 0 Å². The smallest absolute Gasteiger partial charge is 0.408 e. The molecule has 1 aromatic carbocycles. The van der Waals surface area contributed by atoms with Crippen molar-refractivity contribution in [3.05, 3.63) is 34.9 Å². The lowest BCUT2D eigenvalue weighted by atomic mass is 10.1. The predicted molar refractivity (Wildman–Crippen MR) is 103 cm³/mol. The Balaban J connectivity index is 1.75. The fourth-order valence-electron chi connectivity index (χ4n) is 2.71. The second kappa shape index (κ2) is 9.08. The van der Waals surface area contributed by atoms with Crippen LogP contribution in [0, 0.1) is 0 Å². The number of carbonyl (C=O) groups excluding carboxylic acids is 3. The Morgan fingerprint density at radius 2 is 1.67 bits per heavy atom. The van der Waals surface area contributed by atoms with Crippen LogP contribution in [0.25, 0.3) is 0 Å². The van der Waals surface area contributed by atoms with E-state index in [0.29, 0.717) is 31.2 Å². The van der Waals surface area contributed by atoms with Crippen LogP contribution in [0.2, 0.25) is 5.02 Å².